The molecule has 1 aromatic heterocycles. The van der Waals surface area contributed by atoms with Gasteiger partial charge in [0.1, 0.15) is 5.76 Å². The second-order valence-electron chi connectivity index (χ2n) is 3.28. The van der Waals surface area contributed by atoms with Crippen LogP contribution in [0.1, 0.15) is 29.7 Å². The van der Waals surface area contributed by atoms with Gasteiger partial charge >= 0.3 is 5.97 Å². The number of carboxylic acids is 1. The van der Waals surface area contributed by atoms with Gasteiger partial charge in [-0.05, 0) is 19.1 Å². The minimum absolute atomic E-state index is 0.0255. The highest BCUT2D eigenvalue weighted by Gasteiger charge is 2.18. The number of carboxylic acid groups (broad SMARTS) is 1. The number of carbonyl (C=O) groups excluding carboxylic acids is 1. The monoisotopic (exact) mass is 196 g/mol. The molecule has 0 bridgehead atoms. The van der Waals surface area contributed by atoms with Crippen LogP contribution in [0.15, 0.2) is 16.5 Å². The summed E-state index contributed by atoms with van der Waals surface area (Å²) in [6.07, 6.45) is -0.0255. The van der Waals surface area contributed by atoms with Gasteiger partial charge in [-0.2, -0.15) is 0 Å². The van der Waals surface area contributed by atoms with Gasteiger partial charge in [0, 0.05) is 6.42 Å². The highest BCUT2D eigenvalue weighted by molar-refractivity contribution is 5.95. The van der Waals surface area contributed by atoms with E-state index in [1.807, 2.05) is 0 Å². The summed E-state index contributed by atoms with van der Waals surface area (Å²) < 4.78 is 5.08. The SMILES string of the molecule is Cc1ccc(C(=O)CC(C)C(=O)O)o1. The van der Waals surface area contributed by atoms with Crippen LogP contribution in [-0.2, 0) is 4.79 Å². The predicted octanol–water partition coefficient (Wildman–Crippen LogP) is 1.88. The average molecular weight is 196 g/mol. The number of carbonyl (C=O) groups is 2. The summed E-state index contributed by atoms with van der Waals surface area (Å²) in [5, 5.41) is 8.60. The fourth-order valence-corrected chi connectivity index (χ4v) is 1.05. The predicted molar refractivity (Wildman–Crippen MR) is 49.2 cm³/mol. The van der Waals surface area contributed by atoms with Gasteiger partial charge in [-0.1, -0.05) is 6.92 Å². The molecule has 0 aliphatic rings. The Morgan fingerprint density at radius 1 is 1.50 bits per heavy atom. The van der Waals surface area contributed by atoms with Crippen LogP contribution in [0.4, 0.5) is 0 Å². The number of hydrogen-bond donors (Lipinski definition) is 1. The molecule has 1 aromatic rings. The molecule has 4 nitrogen and oxygen atoms in total. The first-order valence-electron chi connectivity index (χ1n) is 4.33. The molecular weight excluding hydrogens is 184 g/mol. The van der Waals surface area contributed by atoms with Gasteiger partial charge in [-0.15, -0.1) is 0 Å². The third-order valence-corrected chi connectivity index (χ3v) is 1.93. The van der Waals surface area contributed by atoms with E-state index in [1.54, 1.807) is 19.1 Å². The molecule has 4 heteroatoms. The molecule has 0 saturated carbocycles. The molecule has 1 N–H and O–H groups in total. The number of furan rings is 1. The summed E-state index contributed by atoms with van der Waals surface area (Å²) in [5.41, 5.74) is 0. The Morgan fingerprint density at radius 3 is 2.57 bits per heavy atom. The third kappa shape index (κ3) is 2.45. The Bertz CT molecular complexity index is 351. The van der Waals surface area contributed by atoms with Gasteiger partial charge in [0.05, 0.1) is 5.92 Å². The number of rotatable bonds is 4. The molecule has 0 aromatic carbocycles. The lowest BCUT2D eigenvalue weighted by atomic mass is 10.0. The highest BCUT2D eigenvalue weighted by Crippen LogP contribution is 2.12. The van der Waals surface area contributed by atoms with Crippen molar-refractivity contribution in [2.45, 2.75) is 20.3 Å². The molecule has 1 atom stereocenters. The molecule has 0 spiro atoms. The fourth-order valence-electron chi connectivity index (χ4n) is 1.05. The molecule has 0 fully saturated rings. The maximum atomic E-state index is 11.4. The van der Waals surface area contributed by atoms with Gasteiger partial charge in [0.15, 0.2) is 11.5 Å². The Kier molecular flexibility index (Phi) is 3.06. The van der Waals surface area contributed by atoms with Gasteiger partial charge < -0.3 is 9.52 Å². The first-order chi connectivity index (χ1) is 6.50. The van der Waals surface area contributed by atoms with Crippen LogP contribution in [0, 0.1) is 12.8 Å². The normalized spacial score (nSPS) is 12.4. The van der Waals surface area contributed by atoms with E-state index in [-0.39, 0.29) is 18.0 Å². The summed E-state index contributed by atoms with van der Waals surface area (Å²) in [4.78, 5) is 21.9. The first kappa shape index (κ1) is 10.5. The zero-order valence-electron chi connectivity index (χ0n) is 8.11. The molecule has 1 rings (SSSR count). The zero-order valence-corrected chi connectivity index (χ0v) is 8.11. The number of hydrogen-bond acceptors (Lipinski definition) is 3. The molecule has 1 heterocycles. The van der Waals surface area contributed by atoms with Crippen LogP contribution in [-0.4, -0.2) is 16.9 Å². The molecule has 0 radical (unpaired) electrons. The van der Waals surface area contributed by atoms with Gasteiger partial charge in [0.2, 0.25) is 0 Å². The molecule has 0 saturated heterocycles. The Hall–Kier alpha value is -1.58. The van der Waals surface area contributed by atoms with Crippen LogP contribution in [0.25, 0.3) is 0 Å². The van der Waals surface area contributed by atoms with Crippen molar-refractivity contribution in [2.75, 3.05) is 0 Å². The lowest BCUT2D eigenvalue weighted by Crippen LogP contribution is -2.14. The molecule has 1 unspecified atom stereocenters. The smallest absolute Gasteiger partial charge is 0.306 e. The van der Waals surface area contributed by atoms with E-state index < -0.39 is 11.9 Å². The lowest BCUT2D eigenvalue weighted by Gasteiger charge is -2.02. The number of ketones is 1. The summed E-state index contributed by atoms with van der Waals surface area (Å²) in [6, 6.07) is 3.24. The van der Waals surface area contributed by atoms with Crippen LogP contribution < -0.4 is 0 Å². The van der Waals surface area contributed by atoms with Crippen LogP contribution in [0.2, 0.25) is 0 Å². The van der Waals surface area contributed by atoms with Crippen LogP contribution >= 0.6 is 0 Å². The molecular formula is C10H12O4. The third-order valence-electron chi connectivity index (χ3n) is 1.93. The van der Waals surface area contributed by atoms with Gasteiger partial charge in [0.25, 0.3) is 0 Å². The molecule has 14 heavy (non-hydrogen) atoms. The average Bonchev–Trinajstić information content (AvgIpc) is 2.51. The summed E-state index contributed by atoms with van der Waals surface area (Å²) in [5.74, 6) is -1.03. The maximum Gasteiger partial charge on any atom is 0.306 e. The standard InChI is InChI=1S/C10H12O4/c1-6(10(12)13)5-8(11)9-4-3-7(2)14-9/h3-4,6H,5H2,1-2H3,(H,12,13). The van der Waals surface area contributed by atoms with E-state index in [0.717, 1.165) is 0 Å². The summed E-state index contributed by atoms with van der Waals surface area (Å²) in [6.45, 7) is 3.23. The Labute approximate surface area is 81.5 Å². The van der Waals surface area contributed by atoms with Crippen LogP contribution in [0.3, 0.4) is 0 Å². The van der Waals surface area contributed by atoms with Crippen molar-refractivity contribution in [1.29, 1.82) is 0 Å². The van der Waals surface area contributed by atoms with Gasteiger partial charge in [-0.3, -0.25) is 9.59 Å². The van der Waals surface area contributed by atoms with Crippen molar-refractivity contribution in [3.63, 3.8) is 0 Å². The second-order valence-corrected chi connectivity index (χ2v) is 3.28. The number of aliphatic carboxylic acids is 1. The van der Waals surface area contributed by atoms with Crippen molar-refractivity contribution >= 4 is 11.8 Å². The number of Topliss-reactive ketones (excluding diaryl/α,β-unsaturated/α-hetero) is 1. The van der Waals surface area contributed by atoms with Crippen molar-refractivity contribution in [2.24, 2.45) is 5.92 Å². The Balaban J connectivity index is 2.63. The summed E-state index contributed by atoms with van der Waals surface area (Å²) in [7, 11) is 0. The lowest BCUT2D eigenvalue weighted by molar-refractivity contribution is -0.141. The summed E-state index contributed by atoms with van der Waals surface area (Å²) >= 11 is 0. The Morgan fingerprint density at radius 2 is 2.14 bits per heavy atom. The molecule has 76 valence electrons. The first-order valence-corrected chi connectivity index (χ1v) is 4.33. The van der Waals surface area contributed by atoms with Crippen molar-refractivity contribution in [3.05, 3.63) is 23.7 Å². The molecule has 0 aliphatic carbocycles. The maximum absolute atomic E-state index is 11.4. The largest absolute Gasteiger partial charge is 0.481 e. The molecule has 0 aliphatic heterocycles. The van der Waals surface area contributed by atoms with E-state index in [0.29, 0.717) is 5.76 Å². The van der Waals surface area contributed by atoms with E-state index in [4.69, 9.17) is 9.52 Å². The minimum atomic E-state index is -0.971. The second kappa shape index (κ2) is 4.09. The van der Waals surface area contributed by atoms with E-state index in [2.05, 4.69) is 0 Å². The number of aryl methyl sites for hydroxylation is 1. The minimum Gasteiger partial charge on any atom is -0.481 e. The topological polar surface area (TPSA) is 67.5 Å². The van der Waals surface area contributed by atoms with Crippen molar-refractivity contribution in [3.8, 4) is 0 Å². The molecule has 0 amide bonds. The van der Waals surface area contributed by atoms with E-state index in [1.165, 1.54) is 6.92 Å². The van der Waals surface area contributed by atoms with Crippen molar-refractivity contribution in [1.82, 2.24) is 0 Å². The fraction of sp³-hybridized carbons (Fsp3) is 0.400. The van der Waals surface area contributed by atoms with Crippen molar-refractivity contribution < 1.29 is 19.1 Å². The quantitative estimate of drug-likeness (QED) is 0.746. The van der Waals surface area contributed by atoms with E-state index in [9.17, 15) is 9.59 Å². The van der Waals surface area contributed by atoms with E-state index >= 15 is 0 Å². The van der Waals surface area contributed by atoms with Gasteiger partial charge in [-0.25, -0.2) is 0 Å². The zero-order chi connectivity index (χ0) is 10.7. The van der Waals surface area contributed by atoms with Crippen LogP contribution in [0.5, 0.6) is 0 Å². The highest BCUT2D eigenvalue weighted by atomic mass is 16.4.